The average Bonchev–Trinajstić information content (AvgIpc) is 3.40. The number of hydrogen-bond acceptors (Lipinski definition) is 6. The number of carbonyl (C=O) groups is 1. The van der Waals surface area contributed by atoms with Gasteiger partial charge < -0.3 is 5.32 Å². The minimum absolute atomic E-state index is 0.146. The fourth-order valence-corrected chi connectivity index (χ4v) is 4.61. The van der Waals surface area contributed by atoms with Gasteiger partial charge in [-0.15, -0.1) is 10.2 Å². The molecule has 0 saturated heterocycles. The summed E-state index contributed by atoms with van der Waals surface area (Å²) in [4.78, 5) is 25.9. The minimum atomic E-state index is -0.191. The molecule has 0 bridgehead atoms. The maximum atomic E-state index is 13.4. The number of benzene rings is 2. The topological polar surface area (TPSA) is 99.1 Å². The molecule has 0 saturated carbocycles. The summed E-state index contributed by atoms with van der Waals surface area (Å²) in [5.74, 6) is 0.406. The first-order valence-corrected chi connectivity index (χ1v) is 11.7. The summed E-state index contributed by atoms with van der Waals surface area (Å²) in [5.41, 5.74) is 4.81. The Balaban J connectivity index is 1.50. The molecule has 172 valence electrons. The van der Waals surface area contributed by atoms with E-state index in [1.54, 1.807) is 26.9 Å². The van der Waals surface area contributed by atoms with Crippen LogP contribution < -0.4 is 10.9 Å². The minimum Gasteiger partial charge on any atom is -0.325 e. The molecule has 1 amide bonds. The van der Waals surface area contributed by atoms with Crippen LogP contribution in [-0.2, 0) is 18.4 Å². The zero-order valence-electron chi connectivity index (χ0n) is 19.0. The van der Waals surface area contributed by atoms with Crippen LogP contribution in [0.2, 0.25) is 0 Å². The Hall–Kier alpha value is -3.92. The van der Waals surface area contributed by atoms with Crippen molar-refractivity contribution < 1.29 is 4.79 Å². The van der Waals surface area contributed by atoms with Crippen LogP contribution in [-0.4, -0.2) is 40.6 Å². The first kappa shape index (κ1) is 21.9. The van der Waals surface area contributed by atoms with Gasteiger partial charge in [-0.2, -0.15) is 5.10 Å². The van der Waals surface area contributed by atoms with E-state index in [1.807, 2.05) is 62.4 Å². The van der Waals surface area contributed by atoms with Gasteiger partial charge in [0.05, 0.1) is 18.5 Å². The van der Waals surface area contributed by atoms with Gasteiger partial charge in [-0.05, 0) is 37.1 Å². The Bertz CT molecular complexity index is 1580. The number of rotatable bonds is 6. The highest BCUT2D eigenvalue weighted by Crippen LogP contribution is 2.22. The van der Waals surface area contributed by atoms with E-state index in [2.05, 4.69) is 20.6 Å². The standard InChI is InChI=1S/C24H23N7O2S/c1-15-7-9-17(10-8-15)13-30-22(33)21-19(12-25-29(21)3)31-23(30)27-28-24(31)34-14-20(32)26-18-6-4-5-16(2)11-18/h4-12H,13-14H2,1-3H3,(H,26,32). The maximum Gasteiger partial charge on any atom is 0.281 e. The van der Waals surface area contributed by atoms with E-state index >= 15 is 0 Å². The van der Waals surface area contributed by atoms with Crippen molar-refractivity contribution in [1.29, 1.82) is 0 Å². The maximum absolute atomic E-state index is 13.4. The van der Waals surface area contributed by atoms with Crippen LogP contribution >= 0.6 is 11.8 Å². The summed E-state index contributed by atoms with van der Waals surface area (Å²) in [5, 5.41) is 16.3. The second-order valence-corrected chi connectivity index (χ2v) is 9.15. The smallest absolute Gasteiger partial charge is 0.281 e. The Labute approximate surface area is 199 Å². The van der Waals surface area contributed by atoms with E-state index < -0.39 is 0 Å². The Morgan fingerprint density at radius 3 is 2.62 bits per heavy atom. The number of amides is 1. The first-order valence-electron chi connectivity index (χ1n) is 10.8. The van der Waals surface area contributed by atoms with Gasteiger partial charge >= 0.3 is 0 Å². The molecule has 3 aromatic heterocycles. The molecule has 3 heterocycles. The van der Waals surface area contributed by atoms with Gasteiger partial charge in [-0.25, -0.2) is 0 Å². The second-order valence-electron chi connectivity index (χ2n) is 8.20. The van der Waals surface area contributed by atoms with Crippen LogP contribution in [0.3, 0.4) is 0 Å². The number of anilines is 1. The van der Waals surface area contributed by atoms with E-state index in [0.29, 0.717) is 28.5 Å². The largest absolute Gasteiger partial charge is 0.325 e. The highest BCUT2D eigenvalue weighted by molar-refractivity contribution is 7.99. The highest BCUT2D eigenvalue weighted by atomic mass is 32.2. The van der Waals surface area contributed by atoms with Crippen LogP contribution in [0.5, 0.6) is 0 Å². The van der Waals surface area contributed by atoms with Crippen molar-refractivity contribution in [2.24, 2.45) is 7.05 Å². The van der Waals surface area contributed by atoms with Crippen molar-refractivity contribution in [2.45, 2.75) is 25.5 Å². The van der Waals surface area contributed by atoms with E-state index in [4.69, 9.17) is 0 Å². The summed E-state index contributed by atoms with van der Waals surface area (Å²) in [7, 11) is 1.73. The lowest BCUT2D eigenvalue weighted by Crippen LogP contribution is -2.25. The zero-order valence-corrected chi connectivity index (χ0v) is 19.8. The summed E-state index contributed by atoms with van der Waals surface area (Å²) in [6.45, 7) is 4.34. The van der Waals surface area contributed by atoms with Gasteiger partial charge in [0, 0.05) is 12.7 Å². The number of thioether (sulfide) groups is 1. The molecule has 5 aromatic rings. The molecular formula is C24H23N7O2S. The van der Waals surface area contributed by atoms with Crippen molar-refractivity contribution in [1.82, 2.24) is 28.9 Å². The van der Waals surface area contributed by atoms with Crippen molar-refractivity contribution in [3.05, 3.63) is 81.8 Å². The molecular weight excluding hydrogens is 450 g/mol. The molecule has 0 spiro atoms. The fourth-order valence-electron chi connectivity index (χ4n) is 3.87. The monoisotopic (exact) mass is 473 g/mol. The van der Waals surface area contributed by atoms with Crippen molar-refractivity contribution in [2.75, 3.05) is 11.1 Å². The molecule has 10 heteroatoms. The van der Waals surface area contributed by atoms with E-state index in [1.165, 1.54) is 11.8 Å². The molecule has 0 aliphatic carbocycles. The molecule has 0 unspecified atom stereocenters. The number of aryl methyl sites for hydroxylation is 3. The lowest BCUT2D eigenvalue weighted by atomic mass is 10.1. The van der Waals surface area contributed by atoms with Crippen LogP contribution in [0, 0.1) is 13.8 Å². The molecule has 0 aliphatic rings. The van der Waals surface area contributed by atoms with Gasteiger partial charge in [0.15, 0.2) is 10.7 Å². The van der Waals surface area contributed by atoms with E-state index in [0.717, 1.165) is 22.4 Å². The zero-order chi connectivity index (χ0) is 23.8. The highest BCUT2D eigenvalue weighted by Gasteiger charge is 2.20. The van der Waals surface area contributed by atoms with Gasteiger partial charge in [0.2, 0.25) is 11.7 Å². The molecule has 0 atom stereocenters. The van der Waals surface area contributed by atoms with Crippen LogP contribution in [0.4, 0.5) is 5.69 Å². The summed E-state index contributed by atoms with van der Waals surface area (Å²) >= 11 is 1.26. The van der Waals surface area contributed by atoms with E-state index in [9.17, 15) is 9.59 Å². The molecule has 9 nitrogen and oxygen atoms in total. The van der Waals surface area contributed by atoms with Gasteiger partial charge in [-0.3, -0.25) is 23.2 Å². The lowest BCUT2D eigenvalue weighted by Gasteiger charge is -2.10. The number of fused-ring (bicyclic) bond motifs is 3. The quantitative estimate of drug-likeness (QED) is 0.380. The van der Waals surface area contributed by atoms with Crippen molar-refractivity contribution >= 4 is 40.2 Å². The van der Waals surface area contributed by atoms with Crippen molar-refractivity contribution in [3.8, 4) is 0 Å². The first-order chi connectivity index (χ1) is 16.4. The van der Waals surface area contributed by atoms with Gasteiger partial charge in [0.25, 0.3) is 5.56 Å². The van der Waals surface area contributed by atoms with Crippen molar-refractivity contribution in [3.63, 3.8) is 0 Å². The molecule has 0 fully saturated rings. The molecule has 5 rings (SSSR count). The molecule has 0 radical (unpaired) electrons. The third kappa shape index (κ3) is 4.08. The SMILES string of the molecule is Cc1ccc(Cn2c(=O)c3c(cnn3C)n3c(SCC(=O)Nc4cccc(C)c4)nnc23)cc1. The van der Waals surface area contributed by atoms with Crippen LogP contribution in [0.1, 0.15) is 16.7 Å². The second kappa shape index (κ2) is 8.79. The number of aromatic nitrogens is 6. The lowest BCUT2D eigenvalue weighted by molar-refractivity contribution is -0.113. The Kier molecular flexibility index (Phi) is 5.66. The number of nitrogens with one attached hydrogen (secondary N) is 1. The van der Waals surface area contributed by atoms with Crippen LogP contribution in [0.25, 0.3) is 16.8 Å². The Morgan fingerprint density at radius 1 is 1.06 bits per heavy atom. The summed E-state index contributed by atoms with van der Waals surface area (Å²) < 4.78 is 4.95. The fraction of sp³-hybridized carbons (Fsp3) is 0.208. The average molecular weight is 474 g/mol. The number of hydrogen-bond donors (Lipinski definition) is 1. The number of carbonyl (C=O) groups excluding carboxylic acids is 1. The van der Waals surface area contributed by atoms with Gasteiger partial charge in [0.1, 0.15) is 5.52 Å². The third-order valence-electron chi connectivity index (χ3n) is 5.56. The molecule has 2 aromatic carbocycles. The summed E-state index contributed by atoms with van der Waals surface area (Å²) in [6, 6.07) is 15.7. The van der Waals surface area contributed by atoms with E-state index in [-0.39, 0.29) is 17.2 Å². The molecule has 1 N–H and O–H groups in total. The predicted octanol–water partition coefficient (Wildman–Crippen LogP) is 3.17. The molecule has 34 heavy (non-hydrogen) atoms. The normalized spacial score (nSPS) is 11.4. The Morgan fingerprint density at radius 2 is 1.85 bits per heavy atom. The van der Waals surface area contributed by atoms with Gasteiger partial charge in [-0.1, -0.05) is 53.7 Å². The third-order valence-corrected chi connectivity index (χ3v) is 6.49. The molecule has 0 aliphatic heterocycles. The van der Waals surface area contributed by atoms with Crippen LogP contribution in [0.15, 0.2) is 64.7 Å². The predicted molar refractivity (Wildman–Crippen MR) is 132 cm³/mol. The summed E-state index contributed by atoms with van der Waals surface area (Å²) in [6.07, 6.45) is 1.63. The number of nitrogens with zero attached hydrogens (tertiary/aromatic N) is 6.